The molecule has 1 amide bonds. The molecule has 3 heterocycles. The Balaban J connectivity index is 1.25. The third kappa shape index (κ3) is 5.13. The Morgan fingerprint density at radius 1 is 1.17 bits per heavy atom. The number of morpholine rings is 1. The summed E-state index contributed by atoms with van der Waals surface area (Å²) in [5.74, 6) is -0.103. The molecule has 1 saturated heterocycles. The largest absolute Gasteiger partial charge is 0.382 e. The lowest BCUT2D eigenvalue weighted by molar-refractivity contribution is 0.0398. The number of pyridine rings is 1. The van der Waals surface area contributed by atoms with E-state index in [1.165, 1.54) is 10.9 Å². The maximum Gasteiger partial charge on any atom is 0.252 e. The van der Waals surface area contributed by atoms with Crippen LogP contribution in [0.2, 0.25) is 0 Å². The van der Waals surface area contributed by atoms with Gasteiger partial charge in [0, 0.05) is 62.2 Å². The zero-order valence-corrected chi connectivity index (χ0v) is 16.5. The summed E-state index contributed by atoms with van der Waals surface area (Å²) in [6.07, 6.45) is 6.15. The number of carbonyl (C=O) groups is 1. The van der Waals surface area contributed by atoms with Gasteiger partial charge in [-0.1, -0.05) is 18.2 Å². The number of hydrogen-bond donors (Lipinski definition) is 3. The van der Waals surface area contributed by atoms with Crippen molar-refractivity contribution in [3.05, 3.63) is 60.0 Å². The number of benzene rings is 1. The molecule has 3 aromatic rings. The standard InChI is InChI=1S/C22H27N5O2/c28-22(25-6-5-17-15-26-21-4-2-1-3-20(17)21)18-13-19(16-23-14-18)24-7-8-27-9-11-29-12-10-27/h1-4,13-16,24,26H,5-12H2,(H,25,28). The molecule has 152 valence electrons. The van der Waals surface area contributed by atoms with E-state index in [0.717, 1.165) is 57.0 Å². The molecule has 0 spiro atoms. The number of hydrogen-bond acceptors (Lipinski definition) is 5. The minimum absolute atomic E-state index is 0.103. The Morgan fingerprint density at radius 3 is 2.93 bits per heavy atom. The molecule has 1 aliphatic rings. The summed E-state index contributed by atoms with van der Waals surface area (Å²) < 4.78 is 5.36. The Kier molecular flexibility index (Phi) is 6.38. The molecular formula is C22H27N5O2. The molecule has 4 rings (SSSR count). The predicted octanol–water partition coefficient (Wildman–Crippen LogP) is 2.28. The number of nitrogens with one attached hydrogen (secondary N) is 3. The number of anilines is 1. The van der Waals surface area contributed by atoms with Crippen LogP contribution in [0.25, 0.3) is 10.9 Å². The van der Waals surface area contributed by atoms with Crippen molar-refractivity contribution in [1.29, 1.82) is 0 Å². The fourth-order valence-corrected chi connectivity index (χ4v) is 3.60. The van der Waals surface area contributed by atoms with Gasteiger partial charge < -0.3 is 20.4 Å². The first kappa shape index (κ1) is 19.4. The van der Waals surface area contributed by atoms with E-state index in [4.69, 9.17) is 4.74 Å². The van der Waals surface area contributed by atoms with Crippen molar-refractivity contribution in [2.24, 2.45) is 0 Å². The maximum atomic E-state index is 12.5. The quantitative estimate of drug-likeness (QED) is 0.547. The van der Waals surface area contributed by atoms with Gasteiger partial charge in [-0.2, -0.15) is 0 Å². The number of para-hydroxylation sites is 1. The highest BCUT2D eigenvalue weighted by Gasteiger charge is 2.10. The molecule has 1 fully saturated rings. The van der Waals surface area contributed by atoms with Gasteiger partial charge in [-0.3, -0.25) is 14.7 Å². The number of rotatable bonds is 8. The van der Waals surface area contributed by atoms with Gasteiger partial charge in [0.2, 0.25) is 0 Å². The van der Waals surface area contributed by atoms with Crippen LogP contribution in [0, 0.1) is 0 Å². The van der Waals surface area contributed by atoms with Crippen LogP contribution in [0.4, 0.5) is 5.69 Å². The number of aromatic nitrogens is 2. The number of fused-ring (bicyclic) bond motifs is 1. The second-order valence-corrected chi connectivity index (χ2v) is 7.21. The number of aromatic amines is 1. The van der Waals surface area contributed by atoms with Crippen LogP contribution in [0.1, 0.15) is 15.9 Å². The molecule has 7 nitrogen and oxygen atoms in total. The van der Waals surface area contributed by atoms with Crippen molar-refractivity contribution in [2.75, 3.05) is 51.3 Å². The maximum absolute atomic E-state index is 12.5. The van der Waals surface area contributed by atoms with Gasteiger partial charge in [0.1, 0.15) is 0 Å². The summed E-state index contributed by atoms with van der Waals surface area (Å²) in [7, 11) is 0. The minimum atomic E-state index is -0.103. The molecule has 0 unspecified atom stereocenters. The molecule has 2 aromatic heterocycles. The van der Waals surface area contributed by atoms with E-state index in [-0.39, 0.29) is 5.91 Å². The number of H-pyrrole nitrogens is 1. The van der Waals surface area contributed by atoms with Crippen molar-refractivity contribution in [3.8, 4) is 0 Å². The van der Waals surface area contributed by atoms with Gasteiger partial charge in [-0.15, -0.1) is 0 Å². The number of amides is 1. The zero-order valence-electron chi connectivity index (χ0n) is 16.5. The van der Waals surface area contributed by atoms with E-state index < -0.39 is 0 Å². The first-order valence-electron chi connectivity index (χ1n) is 10.1. The molecule has 0 atom stereocenters. The highest BCUT2D eigenvalue weighted by Crippen LogP contribution is 2.17. The predicted molar refractivity (Wildman–Crippen MR) is 114 cm³/mol. The first-order chi connectivity index (χ1) is 14.3. The summed E-state index contributed by atoms with van der Waals surface area (Å²) in [6, 6.07) is 10.0. The van der Waals surface area contributed by atoms with Gasteiger partial charge >= 0.3 is 0 Å². The molecule has 0 bridgehead atoms. The Hall–Kier alpha value is -2.90. The van der Waals surface area contributed by atoms with Crippen LogP contribution >= 0.6 is 0 Å². The molecule has 0 aliphatic carbocycles. The summed E-state index contributed by atoms with van der Waals surface area (Å²) in [6.45, 7) is 5.89. The third-order valence-corrected chi connectivity index (χ3v) is 5.22. The van der Waals surface area contributed by atoms with E-state index in [1.807, 2.05) is 24.4 Å². The lowest BCUT2D eigenvalue weighted by Crippen LogP contribution is -2.39. The van der Waals surface area contributed by atoms with Crippen LogP contribution in [0.5, 0.6) is 0 Å². The fraction of sp³-hybridized carbons (Fsp3) is 0.364. The van der Waals surface area contributed by atoms with Crippen LogP contribution in [-0.4, -0.2) is 66.7 Å². The zero-order chi connectivity index (χ0) is 19.9. The third-order valence-electron chi connectivity index (χ3n) is 5.22. The summed E-state index contributed by atoms with van der Waals surface area (Å²) in [5.41, 5.74) is 3.76. The highest BCUT2D eigenvalue weighted by molar-refractivity contribution is 5.94. The molecular weight excluding hydrogens is 366 g/mol. The van der Waals surface area contributed by atoms with E-state index in [9.17, 15) is 4.79 Å². The number of ether oxygens (including phenoxy) is 1. The molecule has 0 saturated carbocycles. The van der Waals surface area contributed by atoms with Crippen molar-refractivity contribution >= 4 is 22.5 Å². The number of carbonyl (C=O) groups excluding carboxylic acids is 1. The second-order valence-electron chi connectivity index (χ2n) is 7.21. The van der Waals surface area contributed by atoms with E-state index in [0.29, 0.717) is 12.1 Å². The summed E-state index contributed by atoms with van der Waals surface area (Å²) in [5, 5.41) is 7.55. The molecule has 29 heavy (non-hydrogen) atoms. The molecule has 1 aromatic carbocycles. The summed E-state index contributed by atoms with van der Waals surface area (Å²) >= 11 is 0. The van der Waals surface area contributed by atoms with E-state index in [1.54, 1.807) is 12.4 Å². The Bertz CT molecular complexity index is 949. The average molecular weight is 393 g/mol. The van der Waals surface area contributed by atoms with Crippen LogP contribution in [0.15, 0.2) is 48.9 Å². The van der Waals surface area contributed by atoms with Crippen LogP contribution in [0.3, 0.4) is 0 Å². The monoisotopic (exact) mass is 393 g/mol. The van der Waals surface area contributed by atoms with Crippen molar-refractivity contribution in [3.63, 3.8) is 0 Å². The lowest BCUT2D eigenvalue weighted by Gasteiger charge is -2.26. The lowest BCUT2D eigenvalue weighted by atomic mass is 10.1. The van der Waals surface area contributed by atoms with Gasteiger partial charge in [-0.05, 0) is 24.1 Å². The smallest absolute Gasteiger partial charge is 0.252 e. The fourth-order valence-electron chi connectivity index (χ4n) is 3.60. The Morgan fingerprint density at radius 2 is 2.03 bits per heavy atom. The Labute approximate surface area is 170 Å². The van der Waals surface area contributed by atoms with Gasteiger partial charge in [0.25, 0.3) is 5.91 Å². The number of nitrogens with zero attached hydrogens (tertiary/aromatic N) is 2. The van der Waals surface area contributed by atoms with Crippen LogP contribution < -0.4 is 10.6 Å². The van der Waals surface area contributed by atoms with Crippen molar-refractivity contribution in [1.82, 2.24) is 20.2 Å². The minimum Gasteiger partial charge on any atom is -0.382 e. The van der Waals surface area contributed by atoms with Gasteiger partial charge in [0.05, 0.1) is 24.5 Å². The highest BCUT2D eigenvalue weighted by atomic mass is 16.5. The molecule has 0 radical (unpaired) electrons. The van der Waals surface area contributed by atoms with E-state index in [2.05, 4.69) is 37.6 Å². The molecule has 3 N–H and O–H groups in total. The molecule has 7 heteroatoms. The van der Waals surface area contributed by atoms with Crippen molar-refractivity contribution in [2.45, 2.75) is 6.42 Å². The summed E-state index contributed by atoms with van der Waals surface area (Å²) in [4.78, 5) is 22.3. The molecule has 1 aliphatic heterocycles. The SMILES string of the molecule is O=C(NCCc1c[nH]c2ccccc12)c1cncc(NCCN2CCOCC2)c1. The first-order valence-corrected chi connectivity index (χ1v) is 10.1. The van der Waals surface area contributed by atoms with Gasteiger partial charge in [-0.25, -0.2) is 0 Å². The van der Waals surface area contributed by atoms with Crippen LogP contribution in [-0.2, 0) is 11.2 Å². The average Bonchev–Trinajstić information content (AvgIpc) is 3.18. The second kappa shape index (κ2) is 9.54. The van der Waals surface area contributed by atoms with Crippen molar-refractivity contribution < 1.29 is 9.53 Å². The topological polar surface area (TPSA) is 82.3 Å². The van der Waals surface area contributed by atoms with Gasteiger partial charge in [0.15, 0.2) is 0 Å². The van der Waals surface area contributed by atoms with E-state index >= 15 is 0 Å². The normalized spacial score (nSPS) is 14.8.